The molecule has 0 atom stereocenters. The van der Waals surface area contributed by atoms with Crippen LogP contribution in [0.1, 0.15) is 18.4 Å². The molecule has 5 heteroatoms. The molecule has 0 aromatic carbocycles. The maximum absolute atomic E-state index is 10.9. The second kappa shape index (κ2) is 2.48. The quantitative estimate of drug-likeness (QED) is 0.786. The zero-order chi connectivity index (χ0) is 9.64. The molecule has 0 spiro atoms. The number of aryl methyl sites for hydroxylation is 1. The van der Waals surface area contributed by atoms with E-state index in [4.69, 9.17) is 16.7 Å². The summed E-state index contributed by atoms with van der Waals surface area (Å²) in [6.07, 6.45) is 2.82. The predicted octanol–water partition coefficient (Wildman–Crippen LogP) is 1.42. The van der Waals surface area contributed by atoms with Gasteiger partial charge in [0.05, 0.1) is 6.20 Å². The summed E-state index contributed by atoms with van der Waals surface area (Å²) in [6, 6.07) is 0. The normalized spacial score (nSPS) is 18.6. The molecule has 0 unspecified atom stereocenters. The topological polar surface area (TPSA) is 55.1 Å². The monoisotopic (exact) mass is 200 g/mol. The molecule has 0 radical (unpaired) electrons. The number of aliphatic carboxylic acids is 1. The van der Waals surface area contributed by atoms with Gasteiger partial charge in [-0.15, -0.1) is 0 Å². The maximum atomic E-state index is 10.9. The van der Waals surface area contributed by atoms with E-state index in [1.807, 2.05) is 6.92 Å². The first kappa shape index (κ1) is 8.56. The van der Waals surface area contributed by atoms with Crippen molar-refractivity contribution in [2.24, 2.45) is 0 Å². The third-order valence-electron chi connectivity index (χ3n) is 2.41. The summed E-state index contributed by atoms with van der Waals surface area (Å²) in [5.74, 6) is -0.850. The van der Waals surface area contributed by atoms with Gasteiger partial charge in [0.15, 0.2) is 5.54 Å². The molecule has 1 saturated carbocycles. The molecule has 1 aromatic rings. The first-order chi connectivity index (χ1) is 6.08. The van der Waals surface area contributed by atoms with Crippen molar-refractivity contribution in [1.29, 1.82) is 0 Å². The molecule has 1 heterocycles. The van der Waals surface area contributed by atoms with Crippen LogP contribution in [0.25, 0.3) is 0 Å². The Balaban J connectivity index is 2.46. The fraction of sp³-hybridized carbons (Fsp3) is 0.500. The molecule has 0 aliphatic heterocycles. The van der Waals surface area contributed by atoms with Gasteiger partial charge in [0, 0.05) is 5.56 Å². The number of nitrogens with zero attached hydrogens (tertiary/aromatic N) is 2. The zero-order valence-electron chi connectivity index (χ0n) is 7.12. The zero-order valence-corrected chi connectivity index (χ0v) is 7.88. The number of carboxylic acids is 1. The van der Waals surface area contributed by atoms with Crippen LogP contribution in [0.3, 0.4) is 0 Å². The van der Waals surface area contributed by atoms with Crippen LogP contribution in [-0.4, -0.2) is 20.9 Å². The summed E-state index contributed by atoms with van der Waals surface area (Å²) in [5.41, 5.74) is -0.0417. The van der Waals surface area contributed by atoms with Crippen LogP contribution in [0.2, 0.25) is 5.15 Å². The number of hydrogen-bond acceptors (Lipinski definition) is 2. The largest absolute Gasteiger partial charge is 0.479 e. The molecule has 0 amide bonds. The highest BCUT2D eigenvalue weighted by atomic mass is 35.5. The van der Waals surface area contributed by atoms with Gasteiger partial charge in [-0.1, -0.05) is 11.6 Å². The highest BCUT2D eigenvalue weighted by Gasteiger charge is 2.54. The summed E-state index contributed by atoms with van der Waals surface area (Å²) in [4.78, 5) is 10.9. The highest BCUT2D eigenvalue weighted by molar-refractivity contribution is 6.30. The summed E-state index contributed by atoms with van der Waals surface area (Å²) >= 11 is 5.91. The van der Waals surface area contributed by atoms with Gasteiger partial charge in [0.25, 0.3) is 0 Å². The Morgan fingerprint density at radius 3 is 2.69 bits per heavy atom. The summed E-state index contributed by atoms with van der Waals surface area (Å²) in [6.45, 7) is 1.81. The molecule has 13 heavy (non-hydrogen) atoms. The third-order valence-corrected chi connectivity index (χ3v) is 2.86. The van der Waals surface area contributed by atoms with Crippen molar-refractivity contribution in [3.05, 3.63) is 16.9 Å². The Hall–Kier alpha value is -1.03. The lowest BCUT2D eigenvalue weighted by molar-refractivity contribution is -0.142. The van der Waals surface area contributed by atoms with Crippen molar-refractivity contribution < 1.29 is 9.90 Å². The second-order valence-electron chi connectivity index (χ2n) is 3.37. The number of halogens is 1. The minimum absolute atomic E-state index is 0.430. The average molecular weight is 201 g/mol. The van der Waals surface area contributed by atoms with Gasteiger partial charge in [0.2, 0.25) is 0 Å². The molecule has 2 rings (SSSR count). The van der Waals surface area contributed by atoms with E-state index in [9.17, 15) is 4.79 Å². The average Bonchev–Trinajstić information content (AvgIpc) is 2.80. The summed E-state index contributed by atoms with van der Waals surface area (Å²) in [7, 11) is 0. The van der Waals surface area contributed by atoms with Gasteiger partial charge in [-0.2, -0.15) is 5.10 Å². The minimum Gasteiger partial charge on any atom is -0.479 e. The van der Waals surface area contributed by atoms with Crippen LogP contribution in [0.4, 0.5) is 0 Å². The Labute approximate surface area is 80.1 Å². The molecule has 1 aromatic heterocycles. The fourth-order valence-electron chi connectivity index (χ4n) is 1.35. The van der Waals surface area contributed by atoms with Crippen LogP contribution in [0.15, 0.2) is 6.20 Å². The predicted molar refractivity (Wildman–Crippen MR) is 46.8 cm³/mol. The molecule has 4 nitrogen and oxygen atoms in total. The van der Waals surface area contributed by atoms with Crippen LogP contribution < -0.4 is 0 Å². The van der Waals surface area contributed by atoms with Crippen LogP contribution in [0, 0.1) is 6.92 Å². The van der Waals surface area contributed by atoms with Gasteiger partial charge in [-0.05, 0) is 19.8 Å². The minimum atomic E-state index is -0.856. The number of rotatable bonds is 2. The fourth-order valence-corrected chi connectivity index (χ4v) is 1.60. The molecular weight excluding hydrogens is 192 g/mol. The third kappa shape index (κ3) is 1.05. The van der Waals surface area contributed by atoms with E-state index in [1.165, 1.54) is 4.68 Å². The lowest BCUT2D eigenvalue weighted by Gasteiger charge is -2.11. The number of aromatic nitrogens is 2. The van der Waals surface area contributed by atoms with Crippen molar-refractivity contribution in [2.75, 3.05) is 0 Å². The lowest BCUT2D eigenvalue weighted by atomic mass is 10.3. The van der Waals surface area contributed by atoms with E-state index in [0.717, 1.165) is 5.56 Å². The van der Waals surface area contributed by atoms with Crippen LogP contribution in [-0.2, 0) is 10.3 Å². The van der Waals surface area contributed by atoms with E-state index in [1.54, 1.807) is 6.20 Å². The first-order valence-electron chi connectivity index (χ1n) is 4.02. The first-order valence-corrected chi connectivity index (χ1v) is 4.40. The smallest absolute Gasteiger partial charge is 0.331 e. The molecule has 0 bridgehead atoms. The summed E-state index contributed by atoms with van der Waals surface area (Å²) < 4.78 is 1.41. The van der Waals surface area contributed by atoms with Crippen LogP contribution >= 0.6 is 11.6 Å². The van der Waals surface area contributed by atoms with Gasteiger partial charge < -0.3 is 5.11 Å². The SMILES string of the molecule is Cc1cnn(C2(C(=O)O)CC2)c1Cl. The van der Waals surface area contributed by atoms with Crippen molar-refractivity contribution in [1.82, 2.24) is 9.78 Å². The van der Waals surface area contributed by atoms with Crippen molar-refractivity contribution >= 4 is 17.6 Å². The van der Waals surface area contributed by atoms with Gasteiger partial charge in [-0.3, -0.25) is 0 Å². The van der Waals surface area contributed by atoms with Gasteiger partial charge in [0.1, 0.15) is 5.15 Å². The molecule has 0 saturated heterocycles. The van der Waals surface area contributed by atoms with E-state index >= 15 is 0 Å². The number of hydrogen-bond donors (Lipinski definition) is 1. The van der Waals surface area contributed by atoms with E-state index in [-0.39, 0.29) is 0 Å². The lowest BCUT2D eigenvalue weighted by Crippen LogP contribution is -2.28. The Morgan fingerprint density at radius 2 is 2.38 bits per heavy atom. The van der Waals surface area contributed by atoms with E-state index < -0.39 is 11.5 Å². The second-order valence-corrected chi connectivity index (χ2v) is 3.72. The highest BCUT2D eigenvalue weighted by Crippen LogP contribution is 2.45. The number of carbonyl (C=O) groups is 1. The van der Waals surface area contributed by atoms with E-state index in [0.29, 0.717) is 18.0 Å². The Kier molecular flexibility index (Phi) is 1.63. The molecule has 1 aliphatic carbocycles. The number of carboxylic acid groups (broad SMARTS) is 1. The molecule has 1 fully saturated rings. The summed E-state index contributed by atoms with van der Waals surface area (Å²) in [5, 5.41) is 13.4. The maximum Gasteiger partial charge on any atom is 0.331 e. The molecule has 1 N–H and O–H groups in total. The molecule has 1 aliphatic rings. The standard InChI is InChI=1S/C8H9ClN2O2/c1-5-4-10-11(6(5)9)8(2-3-8)7(12)13/h4H,2-3H2,1H3,(H,12,13). The van der Waals surface area contributed by atoms with Gasteiger partial charge in [-0.25, -0.2) is 9.48 Å². The van der Waals surface area contributed by atoms with Crippen molar-refractivity contribution in [3.63, 3.8) is 0 Å². The Bertz CT molecular complexity index is 368. The van der Waals surface area contributed by atoms with Crippen LogP contribution in [0.5, 0.6) is 0 Å². The molecule has 70 valence electrons. The van der Waals surface area contributed by atoms with Crippen molar-refractivity contribution in [3.8, 4) is 0 Å². The Morgan fingerprint density at radius 1 is 1.77 bits per heavy atom. The van der Waals surface area contributed by atoms with Gasteiger partial charge >= 0.3 is 5.97 Å². The van der Waals surface area contributed by atoms with Crippen molar-refractivity contribution in [2.45, 2.75) is 25.3 Å². The van der Waals surface area contributed by atoms with E-state index in [2.05, 4.69) is 5.10 Å². The molecular formula is C8H9ClN2O2.